The smallest absolute Gasteiger partial charge is 0.273 e. The molecule has 1 saturated heterocycles. The number of fused-ring (bicyclic) bond motifs is 1. The van der Waals surface area contributed by atoms with Crippen LogP contribution in [0.2, 0.25) is 5.02 Å². The lowest BCUT2D eigenvalue weighted by atomic mass is 10.1. The summed E-state index contributed by atoms with van der Waals surface area (Å²) in [6.45, 7) is 0.670. The topological polar surface area (TPSA) is 59.2 Å². The molecule has 6 heteroatoms. The van der Waals surface area contributed by atoms with E-state index in [4.69, 9.17) is 16.0 Å². The first-order valence-electron chi connectivity index (χ1n) is 10.0. The number of rotatable bonds is 4. The van der Waals surface area contributed by atoms with Gasteiger partial charge >= 0.3 is 0 Å². The summed E-state index contributed by atoms with van der Waals surface area (Å²) in [5.41, 5.74) is 1.58. The molecule has 150 valence electrons. The van der Waals surface area contributed by atoms with Crippen LogP contribution in [0.3, 0.4) is 0 Å². The van der Waals surface area contributed by atoms with Gasteiger partial charge in [0.1, 0.15) is 17.5 Å². The molecule has 0 spiro atoms. The van der Waals surface area contributed by atoms with Crippen LogP contribution in [0.1, 0.15) is 46.6 Å². The lowest BCUT2D eigenvalue weighted by molar-refractivity contribution is 0.0711. The molecule has 0 N–H and O–H groups in total. The van der Waals surface area contributed by atoms with Crippen LogP contribution in [-0.2, 0) is 6.42 Å². The fourth-order valence-corrected chi connectivity index (χ4v) is 4.18. The number of carbonyl (C=O) groups is 1. The number of likely N-dealkylation sites (tertiary alicyclic amines) is 1. The molecule has 0 bridgehead atoms. The maximum Gasteiger partial charge on any atom is 0.273 e. The Kier molecular flexibility index (Phi) is 4.97. The lowest BCUT2D eigenvalue weighted by Gasteiger charge is -2.22. The molecule has 4 aromatic rings. The number of aromatic nitrogens is 2. The van der Waals surface area contributed by atoms with E-state index in [1.165, 1.54) is 0 Å². The third-order valence-electron chi connectivity index (χ3n) is 5.54. The number of pyridine rings is 1. The van der Waals surface area contributed by atoms with Gasteiger partial charge in [0, 0.05) is 29.6 Å². The number of benzene rings is 2. The summed E-state index contributed by atoms with van der Waals surface area (Å²) < 4.78 is 6.05. The third-order valence-corrected chi connectivity index (χ3v) is 5.79. The highest BCUT2D eigenvalue weighted by atomic mass is 35.5. The molecule has 2 aromatic carbocycles. The summed E-state index contributed by atoms with van der Waals surface area (Å²) in [4.78, 5) is 24.1. The highest BCUT2D eigenvalue weighted by molar-refractivity contribution is 6.30. The van der Waals surface area contributed by atoms with Crippen molar-refractivity contribution in [2.45, 2.75) is 25.3 Å². The highest BCUT2D eigenvalue weighted by Crippen LogP contribution is 2.34. The molecule has 3 heterocycles. The highest BCUT2D eigenvalue weighted by Gasteiger charge is 2.35. The maximum absolute atomic E-state index is 13.4. The van der Waals surface area contributed by atoms with Gasteiger partial charge in [-0.15, -0.1) is 0 Å². The molecule has 30 heavy (non-hydrogen) atoms. The fourth-order valence-electron chi connectivity index (χ4n) is 4.05. The monoisotopic (exact) mass is 417 g/mol. The number of amides is 1. The summed E-state index contributed by atoms with van der Waals surface area (Å²) in [5.74, 6) is 1.28. The van der Waals surface area contributed by atoms with Crippen LogP contribution >= 0.6 is 11.6 Å². The van der Waals surface area contributed by atoms with Crippen LogP contribution < -0.4 is 0 Å². The van der Waals surface area contributed by atoms with Crippen LogP contribution in [0.15, 0.2) is 71.4 Å². The molecule has 1 unspecified atom stereocenters. The van der Waals surface area contributed by atoms with E-state index < -0.39 is 0 Å². The summed E-state index contributed by atoms with van der Waals surface area (Å²) in [6, 6.07) is 17.3. The van der Waals surface area contributed by atoms with E-state index in [2.05, 4.69) is 9.97 Å². The van der Waals surface area contributed by atoms with Crippen molar-refractivity contribution in [1.29, 1.82) is 0 Å². The fraction of sp³-hybridized carbons (Fsp3) is 0.208. The van der Waals surface area contributed by atoms with Crippen LogP contribution in [-0.4, -0.2) is 27.3 Å². The van der Waals surface area contributed by atoms with E-state index in [1.54, 1.807) is 12.4 Å². The van der Waals surface area contributed by atoms with Crippen molar-refractivity contribution in [2.75, 3.05) is 6.54 Å². The minimum absolute atomic E-state index is 0.0771. The van der Waals surface area contributed by atoms with Gasteiger partial charge in [-0.25, -0.2) is 4.98 Å². The number of halogens is 1. The van der Waals surface area contributed by atoms with Gasteiger partial charge in [0.15, 0.2) is 0 Å². The minimum Gasteiger partial charge on any atom is -0.443 e. The first-order valence-corrected chi connectivity index (χ1v) is 10.4. The molecule has 1 fully saturated rings. The Morgan fingerprint density at radius 2 is 1.93 bits per heavy atom. The van der Waals surface area contributed by atoms with Crippen molar-refractivity contribution >= 4 is 28.3 Å². The SMILES string of the molecule is O=C(c1nccc2ccccc12)N1CCCC1c1ncc(Cc2ccc(Cl)cc2)o1. The summed E-state index contributed by atoms with van der Waals surface area (Å²) in [6.07, 6.45) is 5.82. The predicted molar refractivity (Wildman–Crippen MR) is 116 cm³/mol. The maximum atomic E-state index is 13.4. The normalized spacial score (nSPS) is 16.3. The van der Waals surface area contributed by atoms with Gasteiger partial charge in [-0.1, -0.05) is 48.0 Å². The number of hydrogen-bond acceptors (Lipinski definition) is 4. The number of oxazole rings is 1. The predicted octanol–water partition coefficient (Wildman–Crippen LogP) is 5.44. The number of nitrogens with zero attached hydrogens (tertiary/aromatic N) is 3. The average molecular weight is 418 g/mol. The molecule has 5 nitrogen and oxygen atoms in total. The second-order valence-electron chi connectivity index (χ2n) is 7.51. The van der Waals surface area contributed by atoms with Gasteiger partial charge in [0.25, 0.3) is 5.91 Å². The van der Waals surface area contributed by atoms with Crippen LogP contribution in [0.4, 0.5) is 0 Å². The van der Waals surface area contributed by atoms with Gasteiger partial charge in [0.05, 0.1) is 6.20 Å². The third kappa shape index (κ3) is 3.57. The first-order chi connectivity index (χ1) is 14.7. The number of hydrogen-bond donors (Lipinski definition) is 0. The van der Waals surface area contributed by atoms with Crippen molar-refractivity contribution in [3.8, 4) is 0 Å². The van der Waals surface area contributed by atoms with Gasteiger partial charge in [-0.05, 0) is 42.0 Å². The Bertz CT molecular complexity index is 1200. The molecule has 1 aliphatic rings. The Morgan fingerprint density at radius 3 is 2.80 bits per heavy atom. The van der Waals surface area contributed by atoms with E-state index in [-0.39, 0.29) is 11.9 Å². The minimum atomic E-state index is -0.169. The first kappa shape index (κ1) is 18.8. The van der Waals surface area contributed by atoms with Gasteiger partial charge in [-0.3, -0.25) is 9.78 Å². The zero-order valence-electron chi connectivity index (χ0n) is 16.3. The van der Waals surface area contributed by atoms with E-state index in [1.807, 2.05) is 59.5 Å². The van der Waals surface area contributed by atoms with Crippen molar-refractivity contribution < 1.29 is 9.21 Å². The van der Waals surface area contributed by atoms with E-state index in [9.17, 15) is 4.79 Å². The molecule has 5 rings (SSSR count). The Hall–Kier alpha value is -3.18. The van der Waals surface area contributed by atoms with Crippen molar-refractivity contribution in [1.82, 2.24) is 14.9 Å². The van der Waals surface area contributed by atoms with Crippen molar-refractivity contribution in [3.63, 3.8) is 0 Å². The van der Waals surface area contributed by atoms with Gasteiger partial charge in [-0.2, -0.15) is 0 Å². The summed E-state index contributed by atoms with van der Waals surface area (Å²) in [7, 11) is 0. The van der Waals surface area contributed by atoms with E-state index in [0.29, 0.717) is 29.6 Å². The van der Waals surface area contributed by atoms with E-state index in [0.717, 1.165) is 34.9 Å². The summed E-state index contributed by atoms with van der Waals surface area (Å²) >= 11 is 5.96. The molecule has 0 aliphatic carbocycles. The molecular weight excluding hydrogens is 398 g/mol. The molecular formula is C24H20ClN3O2. The molecule has 1 amide bonds. The molecule has 0 radical (unpaired) electrons. The molecule has 1 atom stereocenters. The quantitative estimate of drug-likeness (QED) is 0.443. The molecule has 0 saturated carbocycles. The molecule has 2 aromatic heterocycles. The van der Waals surface area contributed by atoms with Crippen molar-refractivity contribution in [2.24, 2.45) is 0 Å². The van der Waals surface area contributed by atoms with Crippen molar-refractivity contribution in [3.05, 3.63) is 94.9 Å². The van der Waals surface area contributed by atoms with Crippen LogP contribution in [0.5, 0.6) is 0 Å². The molecule has 1 aliphatic heterocycles. The second-order valence-corrected chi connectivity index (χ2v) is 7.94. The Balaban J connectivity index is 1.39. The Labute approximate surface area is 179 Å². The largest absolute Gasteiger partial charge is 0.443 e. The zero-order chi connectivity index (χ0) is 20.5. The average Bonchev–Trinajstić information content (AvgIpc) is 3.44. The standard InChI is InChI=1S/C24H20ClN3O2/c25-18-9-7-16(8-10-18)14-19-15-27-23(30-19)21-6-3-13-28(21)24(29)22-20-5-2-1-4-17(20)11-12-26-22/h1-2,4-5,7-12,15,21H,3,6,13-14H2. The van der Waals surface area contributed by atoms with Crippen LogP contribution in [0, 0.1) is 0 Å². The van der Waals surface area contributed by atoms with Crippen LogP contribution in [0.25, 0.3) is 10.8 Å². The van der Waals surface area contributed by atoms with Gasteiger partial charge in [0.2, 0.25) is 5.89 Å². The lowest BCUT2D eigenvalue weighted by Crippen LogP contribution is -2.31. The zero-order valence-corrected chi connectivity index (χ0v) is 17.0. The number of carbonyl (C=O) groups excluding carboxylic acids is 1. The Morgan fingerprint density at radius 1 is 1.10 bits per heavy atom. The second kappa shape index (κ2) is 7.92. The summed E-state index contributed by atoms with van der Waals surface area (Å²) in [5, 5.41) is 2.58. The van der Waals surface area contributed by atoms with Gasteiger partial charge < -0.3 is 9.32 Å². The van der Waals surface area contributed by atoms with E-state index >= 15 is 0 Å².